The molecule has 0 aliphatic carbocycles. The van der Waals surface area contributed by atoms with Gasteiger partial charge in [0.2, 0.25) is 0 Å². The Hall–Kier alpha value is -3.29. The number of aryl methyl sites for hydroxylation is 2. The average Bonchev–Trinajstić information content (AvgIpc) is 3.15. The number of rotatable bonds is 3. The van der Waals surface area contributed by atoms with E-state index in [0.717, 1.165) is 22.8 Å². The van der Waals surface area contributed by atoms with Crippen LogP contribution in [0.2, 0.25) is 0 Å². The molecule has 8 nitrogen and oxygen atoms in total. The minimum Gasteiger partial charge on any atom is -0.336 e. The van der Waals surface area contributed by atoms with Crippen molar-refractivity contribution in [2.45, 2.75) is 20.8 Å². The van der Waals surface area contributed by atoms with Crippen LogP contribution in [0.1, 0.15) is 17.0 Å². The molecule has 0 aliphatic rings. The minimum atomic E-state index is 0.601. The maximum absolute atomic E-state index is 4.64. The number of hydrogen-bond donors (Lipinski definition) is 1. The molecule has 3 aromatic heterocycles. The van der Waals surface area contributed by atoms with Crippen LogP contribution in [-0.2, 0) is 0 Å². The molecule has 24 heavy (non-hydrogen) atoms. The Kier molecular flexibility index (Phi) is 3.23. The number of anilines is 2. The second-order valence-electron chi connectivity index (χ2n) is 5.66. The van der Waals surface area contributed by atoms with Crippen molar-refractivity contribution in [1.82, 2.24) is 35.0 Å². The average molecular weight is 320 g/mol. The van der Waals surface area contributed by atoms with Gasteiger partial charge in [-0.05, 0) is 55.5 Å². The number of nitrogens with zero attached hydrogens (tertiary/aromatic N) is 7. The highest BCUT2D eigenvalue weighted by Gasteiger charge is 2.14. The quantitative estimate of drug-likeness (QED) is 0.624. The molecule has 0 saturated carbocycles. The molecular weight excluding hydrogens is 304 g/mol. The van der Waals surface area contributed by atoms with Gasteiger partial charge in [0.15, 0.2) is 11.5 Å². The zero-order valence-corrected chi connectivity index (χ0v) is 13.6. The summed E-state index contributed by atoms with van der Waals surface area (Å²) in [4.78, 5) is 0. The van der Waals surface area contributed by atoms with Crippen LogP contribution in [0.3, 0.4) is 0 Å². The molecule has 0 unspecified atom stereocenters. The van der Waals surface area contributed by atoms with Crippen molar-refractivity contribution in [1.29, 1.82) is 0 Å². The van der Waals surface area contributed by atoms with Crippen LogP contribution in [0.25, 0.3) is 11.3 Å². The van der Waals surface area contributed by atoms with Crippen LogP contribution >= 0.6 is 0 Å². The Morgan fingerprint density at radius 3 is 2.50 bits per heavy atom. The van der Waals surface area contributed by atoms with Crippen molar-refractivity contribution >= 4 is 17.2 Å². The van der Waals surface area contributed by atoms with Crippen LogP contribution in [-0.4, -0.2) is 35.0 Å². The molecule has 0 atom stereocenters. The highest BCUT2D eigenvalue weighted by atomic mass is 15.6. The first kappa shape index (κ1) is 14.3. The zero-order chi connectivity index (χ0) is 16.7. The van der Waals surface area contributed by atoms with Gasteiger partial charge in [-0.3, -0.25) is 0 Å². The zero-order valence-electron chi connectivity index (χ0n) is 13.6. The fraction of sp³-hybridized carbons (Fsp3) is 0.188. The van der Waals surface area contributed by atoms with Crippen LogP contribution < -0.4 is 5.32 Å². The molecule has 0 aliphatic heterocycles. The van der Waals surface area contributed by atoms with Gasteiger partial charge < -0.3 is 5.32 Å². The van der Waals surface area contributed by atoms with E-state index in [-0.39, 0.29) is 0 Å². The number of benzene rings is 1. The van der Waals surface area contributed by atoms with E-state index in [2.05, 4.69) is 62.2 Å². The van der Waals surface area contributed by atoms with Gasteiger partial charge >= 0.3 is 0 Å². The summed E-state index contributed by atoms with van der Waals surface area (Å²) in [6, 6.07) is 11.9. The molecular formula is C16H16N8. The molecule has 1 aromatic carbocycles. The molecule has 0 bridgehead atoms. The first-order valence-corrected chi connectivity index (χ1v) is 7.57. The number of nitrogens with one attached hydrogen (secondary N) is 1. The summed E-state index contributed by atoms with van der Waals surface area (Å²) < 4.78 is 3.31. The van der Waals surface area contributed by atoms with Gasteiger partial charge in [0.25, 0.3) is 0 Å². The standard InChI is InChI=1S/C16H16N8/c1-10-4-6-13(7-5-10)23-12(3)16(11(2)19-23)17-14-8-9-15-18-21-22-24(15)20-14/h4-9H,1-3H3,(H,17,20). The number of hydrogen-bond acceptors (Lipinski definition) is 6. The van der Waals surface area contributed by atoms with Crippen LogP contribution in [0, 0.1) is 20.8 Å². The smallest absolute Gasteiger partial charge is 0.200 e. The van der Waals surface area contributed by atoms with E-state index in [0.29, 0.717) is 11.5 Å². The fourth-order valence-corrected chi connectivity index (χ4v) is 2.61. The van der Waals surface area contributed by atoms with Gasteiger partial charge in [0.05, 0.1) is 22.8 Å². The second kappa shape index (κ2) is 5.41. The van der Waals surface area contributed by atoms with E-state index in [1.165, 1.54) is 10.2 Å². The minimum absolute atomic E-state index is 0.601. The van der Waals surface area contributed by atoms with E-state index < -0.39 is 0 Å². The van der Waals surface area contributed by atoms with Gasteiger partial charge in [-0.15, -0.1) is 14.8 Å². The van der Waals surface area contributed by atoms with Crippen LogP contribution in [0.4, 0.5) is 11.5 Å². The summed E-state index contributed by atoms with van der Waals surface area (Å²) in [7, 11) is 0. The monoisotopic (exact) mass is 320 g/mol. The largest absolute Gasteiger partial charge is 0.336 e. The molecule has 0 amide bonds. The molecule has 120 valence electrons. The van der Waals surface area contributed by atoms with E-state index in [4.69, 9.17) is 0 Å². The van der Waals surface area contributed by atoms with Gasteiger partial charge in [-0.25, -0.2) is 4.68 Å². The van der Waals surface area contributed by atoms with Crippen LogP contribution in [0.15, 0.2) is 36.4 Å². The molecule has 4 rings (SSSR count). The Bertz CT molecular complexity index is 1010. The summed E-state index contributed by atoms with van der Waals surface area (Å²) in [5, 5.41) is 23.5. The lowest BCUT2D eigenvalue weighted by Crippen LogP contribution is -2.02. The molecule has 0 radical (unpaired) electrons. The van der Waals surface area contributed by atoms with E-state index in [1.807, 2.05) is 30.7 Å². The molecule has 8 heteroatoms. The van der Waals surface area contributed by atoms with Crippen molar-refractivity contribution < 1.29 is 0 Å². The van der Waals surface area contributed by atoms with Gasteiger partial charge in [-0.2, -0.15) is 5.10 Å². The van der Waals surface area contributed by atoms with Crippen molar-refractivity contribution in [3.05, 3.63) is 53.3 Å². The van der Waals surface area contributed by atoms with Gasteiger partial charge in [0, 0.05) is 0 Å². The molecule has 1 N–H and O–H groups in total. The molecule has 4 aromatic rings. The Labute approximate surface area is 138 Å². The number of tetrazole rings is 1. The number of fused-ring (bicyclic) bond motifs is 1. The SMILES string of the molecule is Cc1ccc(-n2nc(C)c(Nc3ccc4nnnn4n3)c2C)cc1. The molecule has 0 saturated heterocycles. The third kappa shape index (κ3) is 2.37. The summed E-state index contributed by atoms with van der Waals surface area (Å²) in [5.74, 6) is 0.657. The Balaban J connectivity index is 1.71. The van der Waals surface area contributed by atoms with Gasteiger partial charge in [-0.1, -0.05) is 17.7 Å². The first-order valence-electron chi connectivity index (χ1n) is 7.57. The molecule has 3 heterocycles. The fourth-order valence-electron chi connectivity index (χ4n) is 2.61. The summed E-state index contributed by atoms with van der Waals surface area (Å²) in [6.07, 6.45) is 0. The highest BCUT2D eigenvalue weighted by molar-refractivity contribution is 5.63. The van der Waals surface area contributed by atoms with Crippen molar-refractivity contribution in [3.63, 3.8) is 0 Å². The summed E-state index contributed by atoms with van der Waals surface area (Å²) >= 11 is 0. The highest BCUT2D eigenvalue weighted by Crippen LogP contribution is 2.25. The Morgan fingerprint density at radius 2 is 1.71 bits per heavy atom. The lowest BCUT2D eigenvalue weighted by molar-refractivity contribution is 0.736. The lowest BCUT2D eigenvalue weighted by Gasteiger charge is -2.07. The van der Waals surface area contributed by atoms with Crippen LogP contribution in [0.5, 0.6) is 0 Å². The molecule has 0 fully saturated rings. The second-order valence-corrected chi connectivity index (χ2v) is 5.66. The normalized spacial score (nSPS) is 11.1. The number of aromatic nitrogens is 7. The Morgan fingerprint density at radius 1 is 0.917 bits per heavy atom. The maximum Gasteiger partial charge on any atom is 0.200 e. The predicted molar refractivity (Wildman–Crippen MR) is 89.6 cm³/mol. The first-order chi connectivity index (χ1) is 11.6. The lowest BCUT2D eigenvalue weighted by atomic mass is 10.2. The predicted octanol–water partition coefficient (Wildman–Crippen LogP) is 2.37. The third-order valence-electron chi connectivity index (χ3n) is 3.89. The summed E-state index contributed by atoms with van der Waals surface area (Å²) in [6.45, 7) is 6.06. The topological polar surface area (TPSA) is 85.8 Å². The molecule has 0 spiro atoms. The van der Waals surface area contributed by atoms with E-state index >= 15 is 0 Å². The maximum atomic E-state index is 4.64. The third-order valence-corrected chi connectivity index (χ3v) is 3.89. The van der Waals surface area contributed by atoms with Crippen molar-refractivity contribution in [3.8, 4) is 5.69 Å². The summed E-state index contributed by atoms with van der Waals surface area (Å²) in [5.41, 5.74) is 5.68. The van der Waals surface area contributed by atoms with Crippen molar-refractivity contribution in [2.75, 3.05) is 5.32 Å². The van der Waals surface area contributed by atoms with Crippen molar-refractivity contribution in [2.24, 2.45) is 0 Å². The van der Waals surface area contributed by atoms with Gasteiger partial charge in [0.1, 0.15) is 0 Å². The van der Waals surface area contributed by atoms with E-state index in [9.17, 15) is 0 Å². The van der Waals surface area contributed by atoms with E-state index in [1.54, 1.807) is 0 Å².